The van der Waals surface area contributed by atoms with Crippen molar-refractivity contribution in [2.75, 3.05) is 14.2 Å². The summed E-state index contributed by atoms with van der Waals surface area (Å²) in [5.74, 6) is 0.911. The van der Waals surface area contributed by atoms with E-state index in [0.717, 1.165) is 30.1 Å². The van der Waals surface area contributed by atoms with E-state index in [9.17, 15) is 0 Å². The minimum Gasteiger partial charge on any atom is -0.496 e. The zero-order valence-corrected chi connectivity index (χ0v) is 12.0. The summed E-state index contributed by atoms with van der Waals surface area (Å²) in [6.07, 6.45) is 2.09. The second-order valence-electron chi connectivity index (χ2n) is 4.78. The van der Waals surface area contributed by atoms with Crippen molar-refractivity contribution in [1.29, 1.82) is 0 Å². The van der Waals surface area contributed by atoms with Gasteiger partial charge in [0.2, 0.25) is 0 Å². The third-order valence-electron chi connectivity index (χ3n) is 3.18. The molecule has 1 aromatic carbocycles. The van der Waals surface area contributed by atoms with Gasteiger partial charge in [0.1, 0.15) is 5.75 Å². The Labute approximate surface area is 114 Å². The van der Waals surface area contributed by atoms with E-state index in [-0.39, 0.29) is 0 Å². The van der Waals surface area contributed by atoms with Gasteiger partial charge in [0.15, 0.2) is 0 Å². The maximum Gasteiger partial charge on any atom is 0.123 e. The van der Waals surface area contributed by atoms with Crippen LogP contribution in [0.5, 0.6) is 5.75 Å². The smallest absolute Gasteiger partial charge is 0.123 e. The van der Waals surface area contributed by atoms with Crippen LogP contribution in [0.3, 0.4) is 0 Å². The predicted molar refractivity (Wildman–Crippen MR) is 76.6 cm³/mol. The number of ether oxygens (including phenoxy) is 1. The van der Waals surface area contributed by atoms with Crippen LogP contribution in [0.1, 0.15) is 22.4 Å². The predicted octanol–water partition coefficient (Wildman–Crippen LogP) is 2.28. The summed E-state index contributed by atoms with van der Waals surface area (Å²) < 4.78 is 7.38. The average Bonchev–Trinajstić information content (AvgIpc) is 2.71. The van der Waals surface area contributed by atoms with Crippen LogP contribution < -0.4 is 10.1 Å². The molecule has 0 aliphatic carbocycles. The molecule has 0 bridgehead atoms. The first-order valence-corrected chi connectivity index (χ1v) is 6.45. The fraction of sp³-hybridized carbons (Fsp3) is 0.400. The van der Waals surface area contributed by atoms with Crippen LogP contribution in [0.25, 0.3) is 0 Å². The van der Waals surface area contributed by atoms with Crippen LogP contribution in [0, 0.1) is 13.8 Å². The molecule has 1 aromatic heterocycles. The highest BCUT2D eigenvalue weighted by Gasteiger charge is 2.08. The van der Waals surface area contributed by atoms with Gasteiger partial charge in [-0.3, -0.25) is 4.68 Å². The standard InChI is InChI=1S/C15H21N3O/c1-11-5-6-15(19-4)13(7-11)9-18-10-14(8-16-3)12(2)17-18/h5-7,10,16H,8-9H2,1-4H3. The van der Waals surface area contributed by atoms with Gasteiger partial charge in [0.25, 0.3) is 0 Å². The number of rotatable bonds is 5. The van der Waals surface area contributed by atoms with Gasteiger partial charge in [-0.2, -0.15) is 5.10 Å². The first-order valence-electron chi connectivity index (χ1n) is 6.45. The van der Waals surface area contributed by atoms with E-state index in [1.54, 1.807) is 7.11 Å². The van der Waals surface area contributed by atoms with Crippen molar-refractivity contribution >= 4 is 0 Å². The van der Waals surface area contributed by atoms with Crippen molar-refractivity contribution < 1.29 is 4.74 Å². The number of methoxy groups -OCH3 is 1. The molecule has 0 saturated heterocycles. The molecular formula is C15H21N3O. The zero-order chi connectivity index (χ0) is 13.8. The Bertz CT molecular complexity index is 561. The highest BCUT2D eigenvalue weighted by atomic mass is 16.5. The van der Waals surface area contributed by atoms with Gasteiger partial charge in [0.05, 0.1) is 19.3 Å². The monoisotopic (exact) mass is 259 g/mol. The highest BCUT2D eigenvalue weighted by Crippen LogP contribution is 2.21. The summed E-state index contributed by atoms with van der Waals surface area (Å²) in [5, 5.41) is 7.71. The molecule has 0 fully saturated rings. The van der Waals surface area contributed by atoms with Gasteiger partial charge in [-0.1, -0.05) is 17.7 Å². The Kier molecular flexibility index (Phi) is 4.22. The molecule has 0 radical (unpaired) electrons. The molecule has 19 heavy (non-hydrogen) atoms. The lowest BCUT2D eigenvalue weighted by atomic mass is 10.1. The lowest BCUT2D eigenvalue weighted by molar-refractivity contribution is 0.407. The van der Waals surface area contributed by atoms with E-state index in [1.807, 2.05) is 24.7 Å². The number of aromatic nitrogens is 2. The van der Waals surface area contributed by atoms with Gasteiger partial charge in [-0.25, -0.2) is 0 Å². The Morgan fingerprint density at radius 2 is 2.05 bits per heavy atom. The average molecular weight is 259 g/mol. The Morgan fingerprint density at radius 1 is 1.26 bits per heavy atom. The molecule has 2 rings (SSSR count). The van der Waals surface area contributed by atoms with Crippen molar-refractivity contribution in [2.45, 2.75) is 26.9 Å². The van der Waals surface area contributed by atoms with Gasteiger partial charge in [0, 0.05) is 23.9 Å². The number of aryl methyl sites for hydroxylation is 2. The van der Waals surface area contributed by atoms with E-state index in [1.165, 1.54) is 11.1 Å². The van der Waals surface area contributed by atoms with Gasteiger partial charge in [-0.05, 0) is 27.0 Å². The molecule has 4 heteroatoms. The van der Waals surface area contributed by atoms with Crippen molar-refractivity contribution in [3.05, 3.63) is 46.8 Å². The third-order valence-corrected chi connectivity index (χ3v) is 3.18. The van der Waals surface area contributed by atoms with Crippen LogP contribution in [-0.4, -0.2) is 23.9 Å². The van der Waals surface area contributed by atoms with Crippen molar-refractivity contribution in [1.82, 2.24) is 15.1 Å². The zero-order valence-electron chi connectivity index (χ0n) is 12.0. The van der Waals surface area contributed by atoms with Crippen molar-refractivity contribution in [3.63, 3.8) is 0 Å². The number of hydrogen-bond donors (Lipinski definition) is 1. The SMILES string of the molecule is CNCc1cn(Cc2cc(C)ccc2OC)nc1C. The van der Waals surface area contributed by atoms with Crippen LogP contribution in [0.4, 0.5) is 0 Å². The minimum absolute atomic E-state index is 0.732. The first kappa shape index (κ1) is 13.6. The summed E-state index contributed by atoms with van der Waals surface area (Å²) >= 11 is 0. The maximum atomic E-state index is 5.40. The van der Waals surface area contributed by atoms with E-state index < -0.39 is 0 Å². The molecule has 0 aliphatic heterocycles. The molecule has 102 valence electrons. The normalized spacial score (nSPS) is 10.7. The topological polar surface area (TPSA) is 39.1 Å². The van der Waals surface area contributed by atoms with Crippen LogP contribution in [-0.2, 0) is 13.1 Å². The summed E-state index contributed by atoms with van der Waals surface area (Å²) in [5.41, 5.74) is 4.69. The highest BCUT2D eigenvalue weighted by molar-refractivity contribution is 5.37. The van der Waals surface area contributed by atoms with E-state index in [0.29, 0.717) is 0 Å². The number of nitrogens with zero attached hydrogens (tertiary/aromatic N) is 2. The summed E-state index contributed by atoms with van der Waals surface area (Å²) in [4.78, 5) is 0. The molecule has 1 heterocycles. The first-order chi connectivity index (χ1) is 9.13. The third kappa shape index (κ3) is 3.15. The molecule has 0 spiro atoms. The maximum absolute atomic E-state index is 5.40. The second kappa shape index (κ2) is 5.89. The van der Waals surface area contributed by atoms with Crippen LogP contribution in [0.2, 0.25) is 0 Å². The molecular weight excluding hydrogens is 238 g/mol. The fourth-order valence-corrected chi connectivity index (χ4v) is 2.21. The molecule has 0 atom stereocenters. The van der Waals surface area contributed by atoms with E-state index in [4.69, 9.17) is 4.74 Å². The summed E-state index contributed by atoms with van der Waals surface area (Å²) in [6.45, 7) is 5.70. The lowest BCUT2D eigenvalue weighted by Crippen LogP contribution is -2.05. The Morgan fingerprint density at radius 3 is 2.74 bits per heavy atom. The number of nitrogens with one attached hydrogen (secondary N) is 1. The molecule has 2 aromatic rings. The van der Waals surface area contributed by atoms with Crippen molar-refractivity contribution in [3.8, 4) is 5.75 Å². The molecule has 1 N–H and O–H groups in total. The van der Waals surface area contributed by atoms with Gasteiger partial charge in [-0.15, -0.1) is 0 Å². The molecule has 0 amide bonds. The second-order valence-corrected chi connectivity index (χ2v) is 4.78. The number of benzene rings is 1. The summed E-state index contributed by atoms with van der Waals surface area (Å²) in [7, 11) is 3.65. The van der Waals surface area contributed by atoms with Gasteiger partial charge >= 0.3 is 0 Å². The minimum atomic E-state index is 0.732. The lowest BCUT2D eigenvalue weighted by Gasteiger charge is -2.09. The van der Waals surface area contributed by atoms with Crippen molar-refractivity contribution in [2.24, 2.45) is 0 Å². The molecule has 0 unspecified atom stereocenters. The van der Waals surface area contributed by atoms with Crippen LogP contribution in [0.15, 0.2) is 24.4 Å². The largest absolute Gasteiger partial charge is 0.496 e. The van der Waals surface area contributed by atoms with E-state index >= 15 is 0 Å². The molecule has 0 aliphatic rings. The fourth-order valence-electron chi connectivity index (χ4n) is 2.21. The quantitative estimate of drug-likeness (QED) is 0.895. The molecule has 4 nitrogen and oxygen atoms in total. The van der Waals surface area contributed by atoms with Gasteiger partial charge < -0.3 is 10.1 Å². The van der Waals surface area contributed by atoms with Crippen LogP contribution >= 0.6 is 0 Å². The molecule has 0 saturated carbocycles. The Balaban J connectivity index is 2.25. The number of hydrogen-bond acceptors (Lipinski definition) is 3. The summed E-state index contributed by atoms with van der Waals surface area (Å²) in [6, 6.07) is 6.21. The Hall–Kier alpha value is -1.81. The van der Waals surface area contributed by atoms with E-state index in [2.05, 4.69) is 35.7 Å².